The highest BCUT2D eigenvalue weighted by atomic mass is 32.2. The number of aromatic nitrogens is 5. The summed E-state index contributed by atoms with van der Waals surface area (Å²) in [6.07, 6.45) is 6.51. The Morgan fingerprint density at radius 1 is 1.00 bits per heavy atom. The van der Waals surface area contributed by atoms with Gasteiger partial charge in [-0.15, -0.1) is 5.10 Å². The maximum atomic E-state index is 4.80. The highest BCUT2D eigenvalue weighted by Gasteiger charge is 2.30. The van der Waals surface area contributed by atoms with Crippen LogP contribution in [0.4, 0.5) is 0 Å². The number of hydrogen-bond donors (Lipinski definition) is 0. The summed E-state index contributed by atoms with van der Waals surface area (Å²) >= 11 is 1.64. The molecule has 3 heterocycles. The number of pyridine rings is 1. The molecule has 0 bridgehead atoms. The van der Waals surface area contributed by atoms with Crippen molar-refractivity contribution in [2.24, 2.45) is 0 Å². The van der Waals surface area contributed by atoms with E-state index < -0.39 is 0 Å². The SMILES string of the molecule is c1ccc(-n2nc(SCc3cn4ccccc4n3)nc2C2CC2)cc1. The van der Waals surface area contributed by atoms with Crippen molar-refractivity contribution in [1.29, 1.82) is 0 Å². The van der Waals surface area contributed by atoms with Gasteiger partial charge in [0.15, 0.2) is 0 Å². The molecule has 0 saturated heterocycles. The standard InChI is InChI=1S/C19H17N5S/c1-2-6-16(7-3-1)24-18(14-9-10-14)21-19(22-24)25-13-15-12-23-11-5-4-8-17(23)20-15/h1-8,11-12,14H,9-10,13H2. The Balaban J connectivity index is 1.40. The van der Waals surface area contributed by atoms with Gasteiger partial charge in [0.25, 0.3) is 0 Å². The van der Waals surface area contributed by atoms with Gasteiger partial charge in [0.2, 0.25) is 5.16 Å². The minimum absolute atomic E-state index is 0.553. The maximum absolute atomic E-state index is 4.80. The Morgan fingerprint density at radius 3 is 2.64 bits per heavy atom. The summed E-state index contributed by atoms with van der Waals surface area (Å²) in [5.74, 6) is 2.41. The molecule has 6 heteroatoms. The molecule has 1 saturated carbocycles. The topological polar surface area (TPSA) is 48.0 Å². The molecule has 124 valence electrons. The molecule has 1 fully saturated rings. The fourth-order valence-electron chi connectivity index (χ4n) is 2.93. The number of hydrogen-bond acceptors (Lipinski definition) is 4. The molecule has 25 heavy (non-hydrogen) atoms. The van der Waals surface area contributed by atoms with Gasteiger partial charge in [-0.1, -0.05) is 36.0 Å². The van der Waals surface area contributed by atoms with Gasteiger partial charge in [0, 0.05) is 24.1 Å². The Bertz CT molecular complexity index is 984. The summed E-state index contributed by atoms with van der Waals surface area (Å²) in [5, 5.41) is 5.57. The lowest BCUT2D eigenvalue weighted by molar-refractivity contribution is 0.782. The molecule has 0 radical (unpaired) electrons. The van der Waals surface area contributed by atoms with Gasteiger partial charge in [-0.05, 0) is 37.1 Å². The molecule has 0 aliphatic heterocycles. The van der Waals surface area contributed by atoms with Gasteiger partial charge in [-0.25, -0.2) is 14.6 Å². The molecule has 5 nitrogen and oxygen atoms in total. The summed E-state index contributed by atoms with van der Waals surface area (Å²) in [5.41, 5.74) is 3.09. The van der Waals surface area contributed by atoms with E-state index in [0.29, 0.717) is 5.92 Å². The normalized spacial score (nSPS) is 14.2. The zero-order valence-corrected chi connectivity index (χ0v) is 14.4. The molecule has 1 aliphatic carbocycles. The largest absolute Gasteiger partial charge is 0.307 e. The van der Waals surface area contributed by atoms with E-state index in [2.05, 4.69) is 23.3 Å². The van der Waals surface area contributed by atoms with Crippen LogP contribution in [0.3, 0.4) is 0 Å². The van der Waals surface area contributed by atoms with Crippen molar-refractivity contribution in [3.63, 3.8) is 0 Å². The molecule has 0 N–H and O–H groups in total. The Morgan fingerprint density at radius 2 is 1.84 bits per heavy atom. The average Bonchev–Trinajstić information content (AvgIpc) is 3.27. The van der Waals surface area contributed by atoms with Gasteiger partial charge in [-0.3, -0.25) is 0 Å². The Hall–Kier alpha value is -2.60. The fraction of sp³-hybridized carbons (Fsp3) is 0.211. The molecule has 0 atom stereocenters. The van der Waals surface area contributed by atoms with E-state index in [1.165, 1.54) is 12.8 Å². The molecule has 0 amide bonds. The second-order valence-corrected chi connectivity index (χ2v) is 7.20. The van der Waals surface area contributed by atoms with Crippen molar-refractivity contribution in [2.75, 3.05) is 0 Å². The van der Waals surface area contributed by atoms with Gasteiger partial charge in [-0.2, -0.15) is 0 Å². The van der Waals surface area contributed by atoms with Crippen LogP contribution < -0.4 is 0 Å². The van der Waals surface area contributed by atoms with Crippen molar-refractivity contribution in [3.8, 4) is 5.69 Å². The van der Waals surface area contributed by atoms with Crippen molar-refractivity contribution < 1.29 is 0 Å². The van der Waals surface area contributed by atoms with Crippen LogP contribution in [0.25, 0.3) is 11.3 Å². The third kappa shape index (κ3) is 2.93. The third-order valence-electron chi connectivity index (χ3n) is 4.32. The zero-order chi connectivity index (χ0) is 16.6. The molecule has 0 unspecified atom stereocenters. The van der Waals surface area contributed by atoms with Gasteiger partial charge in [0.05, 0.1) is 11.4 Å². The smallest absolute Gasteiger partial charge is 0.209 e. The number of para-hydroxylation sites is 1. The molecule has 5 rings (SSSR count). The Kier molecular flexibility index (Phi) is 3.56. The van der Waals surface area contributed by atoms with Gasteiger partial charge < -0.3 is 4.40 Å². The summed E-state index contributed by atoms with van der Waals surface area (Å²) < 4.78 is 4.05. The molecule has 1 aromatic carbocycles. The van der Waals surface area contributed by atoms with E-state index in [0.717, 1.165) is 33.8 Å². The molecule has 4 aromatic rings. The van der Waals surface area contributed by atoms with Gasteiger partial charge in [0.1, 0.15) is 11.5 Å². The second kappa shape index (κ2) is 6.04. The van der Waals surface area contributed by atoms with Crippen LogP contribution >= 0.6 is 11.8 Å². The van der Waals surface area contributed by atoms with Crippen LogP contribution in [0.2, 0.25) is 0 Å². The second-order valence-electron chi connectivity index (χ2n) is 6.26. The summed E-state index contributed by atoms with van der Waals surface area (Å²) in [4.78, 5) is 9.44. The first-order chi connectivity index (χ1) is 12.4. The van der Waals surface area contributed by atoms with Crippen LogP contribution in [-0.4, -0.2) is 24.1 Å². The lowest BCUT2D eigenvalue weighted by atomic mass is 10.3. The van der Waals surface area contributed by atoms with E-state index in [1.807, 2.05) is 51.7 Å². The van der Waals surface area contributed by atoms with E-state index in [4.69, 9.17) is 10.1 Å². The van der Waals surface area contributed by atoms with Crippen LogP contribution in [0.5, 0.6) is 0 Å². The van der Waals surface area contributed by atoms with Crippen molar-refractivity contribution in [1.82, 2.24) is 24.1 Å². The summed E-state index contributed by atoms with van der Waals surface area (Å²) in [6.45, 7) is 0. The molecular weight excluding hydrogens is 330 g/mol. The first-order valence-corrected chi connectivity index (χ1v) is 9.43. The predicted octanol–water partition coefficient (Wildman–Crippen LogP) is 4.08. The minimum Gasteiger partial charge on any atom is -0.307 e. The first kappa shape index (κ1) is 14.7. The van der Waals surface area contributed by atoms with Crippen molar-refractivity contribution in [2.45, 2.75) is 29.7 Å². The first-order valence-electron chi connectivity index (χ1n) is 8.44. The Labute approximate surface area is 149 Å². The third-order valence-corrected chi connectivity index (χ3v) is 5.19. The number of benzene rings is 1. The molecular formula is C19H17N5S. The van der Waals surface area contributed by atoms with Crippen LogP contribution in [0, 0.1) is 0 Å². The van der Waals surface area contributed by atoms with E-state index in [9.17, 15) is 0 Å². The van der Waals surface area contributed by atoms with E-state index >= 15 is 0 Å². The summed E-state index contributed by atoms with van der Waals surface area (Å²) in [6, 6.07) is 16.3. The van der Waals surface area contributed by atoms with E-state index in [1.54, 1.807) is 11.8 Å². The highest BCUT2D eigenvalue weighted by Crippen LogP contribution is 2.40. The quantitative estimate of drug-likeness (QED) is 0.510. The predicted molar refractivity (Wildman–Crippen MR) is 98.1 cm³/mol. The zero-order valence-electron chi connectivity index (χ0n) is 13.6. The van der Waals surface area contributed by atoms with Crippen molar-refractivity contribution in [3.05, 3.63) is 72.4 Å². The number of imidazole rings is 1. The number of thioether (sulfide) groups is 1. The lowest BCUT2D eigenvalue weighted by Crippen LogP contribution is -2.01. The highest BCUT2D eigenvalue weighted by molar-refractivity contribution is 7.98. The monoisotopic (exact) mass is 347 g/mol. The average molecular weight is 347 g/mol. The maximum Gasteiger partial charge on any atom is 0.209 e. The lowest BCUT2D eigenvalue weighted by Gasteiger charge is -2.03. The molecule has 1 aliphatic rings. The van der Waals surface area contributed by atoms with Crippen LogP contribution in [0.1, 0.15) is 30.3 Å². The molecule has 0 spiro atoms. The van der Waals surface area contributed by atoms with Gasteiger partial charge >= 0.3 is 0 Å². The fourth-order valence-corrected chi connectivity index (χ4v) is 3.64. The summed E-state index contributed by atoms with van der Waals surface area (Å²) in [7, 11) is 0. The van der Waals surface area contributed by atoms with Crippen LogP contribution in [0.15, 0.2) is 66.1 Å². The molecule has 3 aromatic heterocycles. The number of rotatable bonds is 5. The number of fused-ring (bicyclic) bond motifs is 1. The van der Waals surface area contributed by atoms with Crippen molar-refractivity contribution >= 4 is 17.4 Å². The number of nitrogens with zero attached hydrogens (tertiary/aromatic N) is 5. The van der Waals surface area contributed by atoms with Crippen LogP contribution in [-0.2, 0) is 5.75 Å². The minimum atomic E-state index is 0.553. The van der Waals surface area contributed by atoms with E-state index in [-0.39, 0.29) is 0 Å².